The van der Waals surface area contributed by atoms with Crippen molar-refractivity contribution in [3.8, 4) is 5.75 Å². The van der Waals surface area contributed by atoms with Crippen LogP contribution in [-0.4, -0.2) is 42.0 Å². The van der Waals surface area contributed by atoms with E-state index in [1.807, 2.05) is 19.1 Å². The Morgan fingerprint density at radius 3 is 2.68 bits per heavy atom. The SMILES string of the molecule is Cc1cc(C2CN=C3C(NCCC(F)(F)F)=CC(Oc4cccc(F)c4F)=CN32)ccc1C(=O)NC1CC1. The third-order valence-corrected chi connectivity index (χ3v) is 6.45. The maximum absolute atomic E-state index is 14.3. The number of benzene rings is 2. The number of ether oxygens (including phenoxy) is 1. The van der Waals surface area contributed by atoms with Crippen LogP contribution in [0, 0.1) is 18.6 Å². The molecule has 0 bridgehead atoms. The van der Waals surface area contributed by atoms with Gasteiger partial charge in [-0.3, -0.25) is 9.79 Å². The maximum atomic E-state index is 14.3. The Morgan fingerprint density at radius 1 is 1.18 bits per heavy atom. The Bertz CT molecular complexity index is 1350. The second kappa shape index (κ2) is 10.1. The molecule has 1 unspecified atom stereocenters. The molecule has 11 heteroatoms. The summed E-state index contributed by atoms with van der Waals surface area (Å²) in [6.45, 7) is 1.72. The number of nitrogens with zero attached hydrogens (tertiary/aromatic N) is 2. The Hall–Kier alpha value is -3.89. The largest absolute Gasteiger partial charge is 0.453 e. The highest BCUT2D eigenvalue weighted by Gasteiger charge is 2.35. The van der Waals surface area contributed by atoms with Crippen LogP contribution in [0.5, 0.6) is 5.75 Å². The summed E-state index contributed by atoms with van der Waals surface area (Å²) in [5, 5.41) is 5.72. The van der Waals surface area contributed by atoms with Gasteiger partial charge < -0.3 is 20.3 Å². The van der Waals surface area contributed by atoms with Crippen molar-refractivity contribution in [2.45, 2.75) is 44.4 Å². The van der Waals surface area contributed by atoms with Crippen LogP contribution >= 0.6 is 0 Å². The van der Waals surface area contributed by atoms with Gasteiger partial charge >= 0.3 is 6.18 Å². The van der Waals surface area contributed by atoms with Gasteiger partial charge in [0.2, 0.25) is 5.82 Å². The fourth-order valence-corrected chi connectivity index (χ4v) is 4.37. The first kappa shape index (κ1) is 25.7. The molecule has 2 heterocycles. The number of fused-ring (bicyclic) bond motifs is 1. The molecular formula is C27H25F5N4O2. The number of rotatable bonds is 8. The molecule has 0 radical (unpaired) electrons. The molecule has 6 nitrogen and oxygen atoms in total. The number of hydrogen-bond acceptors (Lipinski definition) is 5. The number of hydrogen-bond donors (Lipinski definition) is 2. The topological polar surface area (TPSA) is 66.0 Å². The van der Waals surface area contributed by atoms with Crippen LogP contribution in [-0.2, 0) is 0 Å². The smallest absolute Gasteiger partial charge is 0.390 e. The first-order valence-corrected chi connectivity index (χ1v) is 12.2. The molecule has 0 saturated heterocycles. The summed E-state index contributed by atoms with van der Waals surface area (Å²) in [7, 11) is 0. The minimum Gasteiger partial charge on any atom is -0.453 e. The Morgan fingerprint density at radius 2 is 1.97 bits per heavy atom. The van der Waals surface area contributed by atoms with Gasteiger partial charge in [0.05, 0.1) is 24.7 Å². The van der Waals surface area contributed by atoms with Crippen molar-refractivity contribution >= 4 is 11.7 Å². The first-order valence-electron chi connectivity index (χ1n) is 12.2. The zero-order valence-corrected chi connectivity index (χ0v) is 20.4. The number of amidine groups is 1. The molecule has 1 amide bonds. The minimum atomic E-state index is -4.35. The molecular weight excluding hydrogens is 507 g/mol. The van der Waals surface area contributed by atoms with E-state index in [9.17, 15) is 26.7 Å². The zero-order chi connectivity index (χ0) is 27.0. The molecule has 2 aromatic rings. The lowest BCUT2D eigenvalue weighted by Crippen LogP contribution is -2.36. The average molecular weight is 533 g/mol. The third kappa shape index (κ3) is 5.66. The number of carbonyl (C=O) groups is 1. The summed E-state index contributed by atoms with van der Waals surface area (Å²) in [6, 6.07) is 8.80. The molecule has 2 aliphatic heterocycles. The molecule has 2 aromatic carbocycles. The number of amides is 1. The van der Waals surface area contributed by atoms with Crippen LogP contribution in [0.1, 0.15) is 46.8 Å². The van der Waals surface area contributed by atoms with Crippen molar-refractivity contribution in [3.63, 3.8) is 0 Å². The molecule has 1 fully saturated rings. The lowest BCUT2D eigenvalue weighted by atomic mass is 9.99. The van der Waals surface area contributed by atoms with E-state index in [1.54, 1.807) is 17.2 Å². The van der Waals surface area contributed by atoms with E-state index in [-0.39, 0.29) is 35.2 Å². The van der Waals surface area contributed by atoms with Crippen molar-refractivity contribution in [2.75, 3.05) is 13.1 Å². The second-order valence-corrected chi connectivity index (χ2v) is 9.44. The van der Waals surface area contributed by atoms with Crippen molar-refractivity contribution in [1.29, 1.82) is 0 Å². The van der Waals surface area contributed by atoms with Crippen molar-refractivity contribution in [1.82, 2.24) is 15.5 Å². The van der Waals surface area contributed by atoms with Gasteiger partial charge in [0.15, 0.2) is 17.4 Å². The average Bonchev–Trinajstić information content (AvgIpc) is 3.56. The van der Waals surface area contributed by atoms with E-state index in [2.05, 4.69) is 15.6 Å². The second-order valence-electron chi connectivity index (χ2n) is 9.44. The number of carbonyl (C=O) groups excluding carboxylic acids is 1. The molecule has 0 spiro atoms. The number of aliphatic imine (C=N–C) groups is 1. The number of halogens is 5. The van der Waals surface area contributed by atoms with E-state index in [1.165, 1.54) is 18.2 Å². The molecule has 38 heavy (non-hydrogen) atoms. The van der Waals surface area contributed by atoms with Gasteiger partial charge in [0.25, 0.3) is 5.91 Å². The summed E-state index contributed by atoms with van der Waals surface area (Å²) in [5.74, 6) is -2.27. The predicted molar refractivity (Wildman–Crippen MR) is 130 cm³/mol. The Balaban J connectivity index is 1.41. The van der Waals surface area contributed by atoms with Crippen LogP contribution in [0.3, 0.4) is 0 Å². The fraction of sp³-hybridized carbons (Fsp3) is 0.333. The summed E-state index contributed by atoms with van der Waals surface area (Å²) < 4.78 is 71.9. The summed E-state index contributed by atoms with van der Waals surface area (Å²) in [6.07, 6.45) is -0.504. The highest BCUT2D eigenvalue weighted by molar-refractivity contribution is 6.01. The van der Waals surface area contributed by atoms with Crippen LogP contribution in [0.4, 0.5) is 22.0 Å². The molecule has 1 atom stereocenters. The van der Waals surface area contributed by atoms with Crippen LogP contribution in [0.2, 0.25) is 0 Å². The van der Waals surface area contributed by atoms with E-state index in [0.29, 0.717) is 17.9 Å². The minimum absolute atomic E-state index is 0.0898. The highest BCUT2D eigenvalue weighted by atomic mass is 19.4. The van der Waals surface area contributed by atoms with Gasteiger partial charge in [0, 0.05) is 30.4 Å². The fourth-order valence-electron chi connectivity index (χ4n) is 4.37. The van der Waals surface area contributed by atoms with Gasteiger partial charge in [-0.05, 0) is 49.1 Å². The van der Waals surface area contributed by atoms with Crippen molar-refractivity contribution in [2.24, 2.45) is 4.99 Å². The standard InChI is InChI=1S/C27H25F5N4O2/c1-15-11-16(5-8-19(15)26(37)35-17-6-7-17)22-13-34-25-21(33-10-9-27(30,31)32)12-18(14-36(22)25)38-23-4-2-3-20(28)24(23)29/h2-5,8,11-12,14,17,22,33H,6-7,9-10,13H2,1H3,(H,35,37). The van der Waals surface area contributed by atoms with E-state index < -0.39 is 30.8 Å². The van der Waals surface area contributed by atoms with Gasteiger partial charge in [-0.15, -0.1) is 0 Å². The Kier molecular flexibility index (Phi) is 6.85. The lowest BCUT2D eigenvalue weighted by Gasteiger charge is -2.30. The van der Waals surface area contributed by atoms with Crippen molar-refractivity contribution < 1.29 is 31.5 Å². The molecule has 0 aromatic heterocycles. The third-order valence-electron chi connectivity index (χ3n) is 6.45. The normalized spacial score (nSPS) is 18.8. The number of allylic oxidation sites excluding steroid dienone is 1. The van der Waals surface area contributed by atoms with Gasteiger partial charge in [-0.1, -0.05) is 18.2 Å². The van der Waals surface area contributed by atoms with Crippen LogP contribution in [0.15, 0.2) is 65.1 Å². The molecule has 3 aliphatic rings. The number of nitrogens with one attached hydrogen (secondary N) is 2. The zero-order valence-electron chi connectivity index (χ0n) is 20.4. The highest BCUT2D eigenvalue weighted by Crippen LogP contribution is 2.34. The summed E-state index contributed by atoms with van der Waals surface area (Å²) in [5.41, 5.74) is 2.43. The van der Waals surface area contributed by atoms with E-state index >= 15 is 0 Å². The molecule has 200 valence electrons. The Labute approximate surface area is 215 Å². The van der Waals surface area contributed by atoms with Crippen LogP contribution in [0.25, 0.3) is 0 Å². The summed E-state index contributed by atoms with van der Waals surface area (Å²) in [4.78, 5) is 18.8. The first-order chi connectivity index (χ1) is 18.1. The van der Waals surface area contributed by atoms with Gasteiger partial charge in [-0.25, -0.2) is 4.39 Å². The lowest BCUT2D eigenvalue weighted by molar-refractivity contribution is -0.133. The molecule has 2 N–H and O–H groups in total. The quantitative estimate of drug-likeness (QED) is 0.454. The van der Waals surface area contributed by atoms with Crippen LogP contribution < -0.4 is 15.4 Å². The predicted octanol–water partition coefficient (Wildman–Crippen LogP) is 5.28. The number of alkyl halides is 3. The molecule has 5 rings (SSSR count). The van der Waals surface area contributed by atoms with E-state index in [4.69, 9.17) is 4.74 Å². The van der Waals surface area contributed by atoms with Gasteiger partial charge in [-0.2, -0.15) is 17.6 Å². The monoisotopic (exact) mass is 532 g/mol. The van der Waals surface area contributed by atoms with Crippen molar-refractivity contribution in [3.05, 3.63) is 88.5 Å². The maximum Gasteiger partial charge on any atom is 0.390 e. The van der Waals surface area contributed by atoms with E-state index in [0.717, 1.165) is 30.0 Å². The van der Waals surface area contributed by atoms with Gasteiger partial charge in [0.1, 0.15) is 5.76 Å². The molecule has 1 saturated carbocycles. The number of aryl methyl sites for hydroxylation is 1. The molecule has 1 aliphatic carbocycles. The summed E-state index contributed by atoms with van der Waals surface area (Å²) >= 11 is 0.